The van der Waals surface area contributed by atoms with Gasteiger partial charge in [0.2, 0.25) is 0 Å². The summed E-state index contributed by atoms with van der Waals surface area (Å²) in [7, 11) is 1.99. The van der Waals surface area contributed by atoms with Gasteiger partial charge in [-0.2, -0.15) is 0 Å². The summed E-state index contributed by atoms with van der Waals surface area (Å²) in [5.41, 5.74) is 3.96. The number of nitrogens with one attached hydrogen (secondary N) is 1. The lowest BCUT2D eigenvalue weighted by Crippen LogP contribution is -2.15. The third-order valence-electron chi connectivity index (χ3n) is 2.90. The maximum atomic E-state index is 5.60. The number of aryl methyl sites for hydroxylation is 2. The second kappa shape index (κ2) is 5.90. The van der Waals surface area contributed by atoms with Crippen LogP contribution in [-0.4, -0.2) is 20.2 Å². The van der Waals surface area contributed by atoms with Gasteiger partial charge in [-0.1, -0.05) is 13.0 Å². The minimum atomic E-state index is 0.541. The summed E-state index contributed by atoms with van der Waals surface area (Å²) >= 11 is 0. The Labute approximate surface area is 99.0 Å². The molecule has 1 N–H and O–H groups in total. The van der Waals surface area contributed by atoms with Crippen molar-refractivity contribution < 1.29 is 4.74 Å². The topological polar surface area (TPSA) is 21.3 Å². The quantitative estimate of drug-likeness (QED) is 0.825. The number of hydrogen-bond acceptors (Lipinski definition) is 2. The minimum absolute atomic E-state index is 0.541. The Kier molecular flexibility index (Phi) is 4.81. The van der Waals surface area contributed by atoms with Gasteiger partial charge in [-0.05, 0) is 56.5 Å². The van der Waals surface area contributed by atoms with E-state index in [4.69, 9.17) is 4.74 Å². The van der Waals surface area contributed by atoms with Crippen molar-refractivity contribution >= 4 is 0 Å². The second-order valence-electron chi connectivity index (χ2n) is 4.37. The zero-order chi connectivity index (χ0) is 12.1. The molecule has 0 spiro atoms. The van der Waals surface area contributed by atoms with E-state index in [2.05, 4.69) is 38.2 Å². The molecule has 90 valence electrons. The van der Waals surface area contributed by atoms with E-state index in [-0.39, 0.29) is 0 Å². The third-order valence-corrected chi connectivity index (χ3v) is 2.90. The molecule has 0 aliphatic heterocycles. The molecule has 2 heteroatoms. The fourth-order valence-corrected chi connectivity index (χ4v) is 2.07. The normalized spacial score (nSPS) is 12.6. The van der Waals surface area contributed by atoms with E-state index in [0.717, 1.165) is 18.9 Å². The Morgan fingerprint density at radius 1 is 1.25 bits per heavy atom. The third kappa shape index (κ3) is 2.99. The minimum Gasteiger partial charge on any atom is -0.494 e. The van der Waals surface area contributed by atoms with Crippen LogP contribution in [0.4, 0.5) is 0 Å². The van der Waals surface area contributed by atoms with Gasteiger partial charge in [-0.3, -0.25) is 0 Å². The van der Waals surface area contributed by atoms with Gasteiger partial charge in [0.25, 0.3) is 0 Å². The van der Waals surface area contributed by atoms with Crippen LogP contribution in [-0.2, 0) is 0 Å². The highest BCUT2D eigenvalue weighted by molar-refractivity contribution is 5.43. The van der Waals surface area contributed by atoms with Crippen molar-refractivity contribution in [3.05, 3.63) is 28.8 Å². The van der Waals surface area contributed by atoms with Crippen molar-refractivity contribution in [2.75, 3.05) is 20.2 Å². The molecule has 1 atom stereocenters. The molecule has 0 fully saturated rings. The molecular weight excluding hydrogens is 198 g/mol. The standard InChI is InChI=1S/C14H23NO/c1-6-16-14-8-10(2)13(7-11(14)3)12(4)9-15-5/h7-8,12,15H,6,9H2,1-5H3. The predicted octanol–water partition coefficient (Wildman–Crippen LogP) is 3.03. The first kappa shape index (κ1) is 13.0. The van der Waals surface area contributed by atoms with Crippen molar-refractivity contribution in [3.63, 3.8) is 0 Å². The number of benzene rings is 1. The largest absolute Gasteiger partial charge is 0.494 e. The summed E-state index contributed by atoms with van der Waals surface area (Å²) in [6.07, 6.45) is 0. The Hall–Kier alpha value is -1.02. The van der Waals surface area contributed by atoms with E-state index in [1.165, 1.54) is 16.7 Å². The number of ether oxygens (including phenoxy) is 1. The maximum absolute atomic E-state index is 5.60. The molecule has 0 saturated heterocycles. The van der Waals surface area contributed by atoms with Crippen LogP contribution in [0.5, 0.6) is 5.75 Å². The summed E-state index contributed by atoms with van der Waals surface area (Å²) in [5.74, 6) is 1.56. The van der Waals surface area contributed by atoms with Gasteiger partial charge in [0.15, 0.2) is 0 Å². The average molecular weight is 221 g/mol. The van der Waals surface area contributed by atoms with Gasteiger partial charge >= 0.3 is 0 Å². The first-order valence-electron chi connectivity index (χ1n) is 5.98. The lowest BCUT2D eigenvalue weighted by molar-refractivity contribution is 0.337. The summed E-state index contributed by atoms with van der Waals surface area (Å²) in [6.45, 7) is 10.3. The van der Waals surface area contributed by atoms with Crippen LogP contribution in [0.1, 0.15) is 36.5 Å². The fourth-order valence-electron chi connectivity index (χ4n) is 2.07. The molecule has 0 bridgehead atoms. The summed E-state index contributed by atoms with van der Waals surface area (Å²) < 4.78 is 5.60. The van der Waals surface area contributed by atoms with Gasteiger partial charge in [0.1, 0.15) is 5.75 Å². The smallest absolute Gasteiger partial charge is 0.122 e. The molecule has 1 aromatic rings. The molecule has 0 saturated carbocycles. The fraction of sp³-hybridized carbons (Fsp3) is 0.571. The van der Waals surface area contributed by atoms with Crippen LogP contribution in [0, 0.1) is 13.8 Å². The lowest BCUT2D eigenvalue weighted by atomic mass is 9.94. The monoisotopic (exact) mass is 221 g/mol. The molecule has 0 aliphatic carbocycles. The van der Waals surface area contributed by atoms with Crippen LogP contribution < -0.4 is 10.1 Å². The maximum Gasteiger partial charge on any atom is 0.122 e. The van der Waals surface area contributed by atoms with Gasteiger partial charge in [-0.15, -0.1) is 0 Å². The summed E-state index contributed by atoms with van der Waals surface area (Å²) in [6, 6.07) is 4.41. The van der Waals surface area contributed by atoms with Crippen LogP contribution in [0.15, 0.2) is 12.1 Å². The van der Waals surface area contributed by atoms with Gasteiger partial charge < -0.3 is 10.1 Å². The van der Waals surface area contributed by atoms with Crippen molar-refractivity contribution in [2.24, 2.45) is 0 Å². The zero-order valence-corrected chi connectivity index (χ0v) is 11.1. The SMILES string of the molecule is CCOc1cc(C)c(C(C)CNC)cc1C. The molecule has 0 aliphatic rings. The predicted molar refractivity (Wildman–Crippen MR) is 69.4 cm³/mol. The Bertz CT molecular complexity index is 347. The van der Waals surface area contributed by atoms with E-state index < -0.39 is 0 Å². The molecule has 2 nitrogen and oxygen atoms in total. The van der Waals surface area contributed by atoms with E-state index in [0.29, 0.717) is 5.92 Å². The van der Waals surface area contributed by atoms with Gasteiger partial charge in [0, 0.05) is 6.54 Å². The lowest BCUT2D eigenvalue weighted by Gasteiger charge is -2.17. The average Bonchev–Trinajstić information content (AvgIpc) is 2.23. The Morgan fingerprint density at radius 3 is 2.50 bits per heavy atom. The summed E-state index contributed by atoms with van der Waals surface area (Å²) in [4.78, 5) is 0. The number of hydrogen-bond donors (Lipinski definition) is 1. The van der Waals surface area contributed by atoms with Gasteiger partial charge in [0.05, 0.1) is 6.61 Å². The molecular formula is C14H23NO. The van der Waals surface area contributed by atoms with Crippen LogP contribution in [0.2, 0.25) is 0 Å². The van der Waals surface area contributed by atoms with E-state index in [1.54, 1.807) is 0 Å². The van der Waals surface area contributed by atoms with Crippen LogP contribution >= 0.6 is 0 Å². The molecule has 0 amide bonds. The highest BCUT2D eigenvalue weighted by Crippen LogP contribution is 2.27. The first-order valence-corrected chi connectivity index (χ1v) is 5.98. The van der Waals surface area contributed by atoms with E-state index >= 15 is 0 Å². The molecule has 0 aromatic heterocycles. The second-order valence-corrected chi connectivity index (χ2v) is 4.37. The molecule has 16 heavy (non-hydrogen) atoms. The van der Waals surface area contributed by atoms with Crippen molar-refractivity contribution in [3.8, 4) is 5.75 Å². The van der Waals surface area contributed by atoms with Crippen LogP contribution in [0.3, 0.4) is 0 Å². The van der Waals surface area contributed by atoms with Crippen LogP contribution in [0.25, 0.3) is 0 Å². The van der Waals surface area contributed by atoms with Gasteiger partial charge in [-0.25, -0.2) is 0 Å². The Morgan fingerprint density at radius 2 is 1.94 bits per heavy atom. The first-order chi connectivity index (χ1) is 7.60. The van der Waals surface area contributed by atoms with Crippen molar-refractivity contribution in [1.82, 2.24) is 5.32 Å². The number of likely N-dealkylation sites (N-methyl/N-ethyl adjacent to an activating group) is 1. The van der Waals surface area contributed by atoms with Crippen molar-refractivity contribution in [1.29, 1.82) is 0 Å². The molecule has 0 heterocycles. The molecule has 0 radical (unpaired) electrons. The van der Waals surface area contributed by atoms with E-state index in [1.807, 2.05) is 14.0 Å². The number of rotatable bonds is 5. The zero-order valence-electron chi connectivity index (χ0n) is 11.1. The summed E-state index contributed by atoms with van der Waals surface area (Å²) in [5, 5.41) is 3.22. The molecule has 1 unspecified atom stereocenters. The Balaban J connectivity index is 3.00. The van der Waals surface area contributed by atoms with Crippen molar-refractivity contribution in [2.45, 2.75) is 33.6 Å². The van der Waals surface area contributed by atoms with E-state index in [9.17, 15) is 0 Å². The molecule has 1 aromatic carbocycles. The molecule has 1 rings (SSSR count). The highest BCUT2D eigenvalue weighted by atomic mass is 16.5. The highest BCUT2D eigenvalue weighted by Gasteiger charge is 2.10.